The molecule has 0 unspecified atom stereocenters. The number of nitrogens with one attached hydrogen (secondary N) is 1. The molecule has 0 aromatic heterocycles. The van der Waals surface area contributed by atoms with Crippen molar-refractivity contribution in [3.63, 3.8) is 0 Å². The van der Waals surface area contributed by atoms with E-state index in [0.29, 0.717) is 12.1 Å². The molecule has 4 nitrogen and oxygen atoms in total. The van der Waals surface area contributed by atoms with E-state index in [2.05, 4.69) is 5.32 Å². The quantitative estimate of drug-likeness (QED) is 0.740. The largest absolute Gasteiger partial charge is 0.389 e. The summed E-state index contributed by atoms with van der Waals surface area (Å²) in [6, 6.07) is 7.16. The fraction of sp³-hybridized carbons (Fsp3) is 0.500. The van der Waals surface area contributed by atoms with Crippen molar-refractivity contribution >= 4 is 5.91 Å². The summed E-state index contributed by atoms with van der Waals surface area (Å²) in [5.74, 6) is -0.432. The summed E-state index contributed by atoms with van der Waals surface area (Å²) >= 11 is 0. The first-order valence-corrected chi connectivity index (χ1v) is 5.99. The zero-order chi connectivity index (χ0) is 14.0. The minimum absolute atomic E-state index is 0.432. The van der Waals surface area contributed by atoms with Gasteiger partial charge in [-0.3, -0.25) is 4.79 Å². The molecule has 0 heterocycles. The zero-order valence-electron chi connectivity index (χ0n) is 11.4. The van der Waals surface area contributed by atoms with Gasteiger partial charge >= 0.3 is 0 Å². The smallest absolute Gasteiger partial charge is 0.248 e. The lowest BCUT2D eigenvalue weighted by atomic mass is 9.86. The fourth-order valence-electron chi connectivity index (χ4n) is 1.37. The van der Waals surface area contributed by atoms with Crippen LogP contribution in [0.25, 0.3) is 0 Å². The van der Waals surface area contributed by atoms with E-state index in [9.17, 15) is 9.90 Å². The Morgan fingerprint density at radius 1 is 1.33 bits per heavy atom. The third-order valence-corrected chi connectivity index (χ3v) is 3.48. The molecule has 0 spiro atoms. The van der Waals surface area contributed by atoms with Gasteiger partial charge in [0.25, 0.3) is 0 Å². The zero-order valence-corrected chi connectivity index (χ0v) is 11.4. The molecule has 1 rings (SSSR count). The molecule has 0 bridgehead atoms. The van der Waals surface area contributed by atoms with Crippen molar-refractivity contribution in [2.45, 2.75) is 45.4 Å². The summed E-state index contributed by atoms with van der Waals surface area (Å²) in [5, 5.41) is 13.3. The van der Waals surface area contributed by atoms with E-state index in [1.54, 1.807) is 32.0 Å². The topological polar surface area (TPSA) is 75.3 Å². The molecule has 0 aliphatic heterocycles. The van der Waals surface area contributed by atoms with Crippen LogP contribution in [-0.4, -0.2) is 22.2 Å². The van der Waals surface area contributed by atoms with Crippen LogP contribution in [0.15, 0.2) is 24.3 Å². The van der Waals surface area contributed by atoms with Crippen molar-refractivity contribution in [1.82, 2.24) is 5.32 Å². The van der Waals surface area contributed by atoms with Gasteiger partial charge in [0, 0.05) is 17.6 Å². The SMILES string of the molecule is CC(C)(O)C(C)(C)NCc1cccc(C(N)=O)c1. The van der Waals surface area contributed by atoms with Gasteiger partial charge in [0.2, 0.25) is 5.91 Å². The minimum Gasteiger partial charge on any atom is -0.389 e. The van der Waals surface area contributed by atoms with E-state index in [0.717, 1.165) is 5.56 Å². The molecular formula is C14H22N2O2. The number of carbonyl (C=O) groups is 1. The Morgan fingerprint density at radius 3 is 2.44 bits per heavy atom. The molecule has 100 valence electrons. The van der Waals surface area contributed by atoms with Crippen LogP contribution in [0.4, 0.5) is 0 Å². The first-order chi connectivity index (χ1) is 8.13. The van der Waals surface area contributed by atoms with Gasteiger partial charge < -0.3 is 16.2 Å². The predicted octanol–water partition coefficient (Wildman–Crippen LogP) is 1.42. The van der Waals surface area contributed by atoms with E-state index in [-0.39, 0.29) is 0 Å². The van der Waals surface area contributed by atoms with E-state index in [1.807, 2.05) is 19.9 Å². The van der Waals surface area contributed by atoms with E-state index in [4.69, 9.17) is 5.73 Å². The Kier molecular flexibility index (Phi) is 4.14. The second kappa shape index (κ2) is 5.08. The van der Waals surface area contributed by atoms with Gasteiger partial charge in [0.15, 0.2) is 0 Å². The van der Waals surface area contributed by atoms with Crippen LogP contribution < -0.4 is 11.1 Å². The van der Waals surface area contributed by atoms with Crippen LogP contribution >= 0.6 is 0 Å². The van der Waals surface area contributed by atoms with Crippen molar-refractivity contribution in [3.8, 4) is 0 Å². The van der Waals surface area contributed by atoms with Crippen LogP contribution in [0.2, 0.25) is 0 Å². The van der Waals surface area contributed by atoms with Crippen LogP contribution in [0.5, 0.6) is 0 Å². The van der Waals surface area contributed by atoms with Gasteiger partial charge in [-0.15, -0.1) is 0 Å². The molecule has 0 aliphatic carbocycles. The van der Waals surface area contributed by atoms with Gasteiger partial charge in [-0.2, -0.15) is 0 Å². The Labute approximate surface area is 108 Å². The third-order valence-electron chi connectivity index (χ3n) is 3.48. The first-order valence-electron chi connectivity index (χ1n) is 5.99. The van der Waals surface area contributed by atoms with Crippen molar-refractivity contribution in [2.75, 3.05) is 0 Å². The number of hydrogen-bond acceptors (Lipinski definition) is 3. The molecule has 18 heavy (non-hydrogen) atoms. The number of primary amides is 1. The summed E-state index contributed by atoms with van der Waals surface area (Å²) in [7, 11) is 0. The summed E-state index contributed by atoms with van der Waals surface area (Å²) in [6.45, 7) is 7.97. The lowest BCUT2D eigenvalue weighted by Crippen LogP contribution is -2.55. The van der Waals surface area contributed by atoms with E-state index in [1.165, 1.54) is 0 Å². The van der Waals surface area contributed by atoms with Crippen LogP contribution in [0, 0.1) is 0 Å². The third kappa shape index (κ3) is 3.55. The standard InChI is InChI=1S/C14H22N2O2/c1-13(2,14(3,4)18)16-9-10-6-5-7-11(8-10)12(15)17/h5-8,16,18H,9H2,1-4H3,(H2,15,17). The molecule has 0 aliphatic rings. The second-order valence-electron chi connectivity index (χ2n) is 5.60. The monoisotopic (exact) mass is 250 g/mol. The van der Waals surface area contributed by atoms with Gasteiger partial charge in [0.1, 0.15) is 0 Å². The molecule has 0 saturated heterocycles. The number of amides is 1. The highest BCUT2D eigenvalue weighted by atomic mass is 16.3. The van der Waals surface area contributed by atoms with E-state index < -0.39 is 17.0 Å². The normalized spacial score (nSPS) is 12.5. The van der Waals surface area contributed by atoms with E-state index >= 15 is 0 Å². The minimum atomic E-state index is -0.839. The Morgan fingerprint density at radius 2 is 1.94 bits per heavy atom. The summed E-state index contributed by atoms with van der Waals surface area (Å²) in [6.07, 6.45) is 0. The molecule has 1 aromatic carbocycles. The number of aliphatic hydroxyl groups is 1. The lowest BCUT2D eigenvalue weighted by molar-refractivity contribution is -0.00532. The Bertz CT molecular complexity index is 434. The maximum absolute atomic E-state index is 11.1. The Hall–Kier alpha value is -1.39. The second-order valence-corrected chi connectivity index (χ2v) is 5.60. The molecular weight excluding hydrogens is 228 g/mol. The number of benzene rings is 1. The van der Waals surface area contributed by atoms with Crippen molar-refractivity contribution in [2.24, 2.45) is 5.73 Å². The van der Waals surface area contributed by atoms with Crippen LogP contribution in [-0.2, 0) is 6.54 Å². The summed E-state index contributed by atoms with van der Waals surface area (Å²) in [5.41, 5.74) is 5.42. The predicted molar refractivity (Wildman–Crippen MR) is 72.2 cm³/mol. The molecule has 1 amide bonds. The molecule has 0 saturated carbocycles. The molecule has 0 atom stereocenters. The van der Waals surface area contributed by atoms with Gasteiger partial charge in [-0.1, -0.05) is 12.1 Å². The first kappa shape index (κ1) is 14.7. The summed E-state index contributed by atoms with van der Waals surface area (Å²) in [4.78, 5) is 11.1. The highest BCUT2D eigenvalue weighted by molar-refractivity contribution is 5.92. The fourth-order valence-corrected chi connectivity index (χ4v) is 1.37. The molecule has 4 heteroatoms. The number of nitrogens with two attached hydrogens (primary N) is 1. The van der Waals surface area contributed by atoms with Crippen molar-refractivity contribution in [1.29, 1.82) is 0 Å². The molecule has 1 aromatic rings. The molecule has 0 fully saturated rings. The maximum Gasteiger partial charge on any atom is 0.248 e. The van der Waals surface area contributed by atoms with Gasteiger partial charge in [-0.25, -0.2) is 0 Å². The van der Waals surface area contributed by atoms with Gasteiger partial charge in [-0.05, 0) is 45.4 Å². The Balaban J connectivity index is 2.75. The highest BCUT2D eigenvalue weighted by Crippen LogP contribution is 2.21. The molecule has 0 radical (unpaired) electrons. The van der Waals surface area contributed by atoms with Crippen molar-refractivity contribution in [3.05, 3.63) is 35.4 Å². The average Bonchev–Trinajstić information content (AvgIpc) is 2.25. The number of rotatable bonds is 5. The summed E-state index contributed by atoms with van der Waals surface area (Å²) < 4.78 is 0. The van der Waals surface area contributed by atoms with Crippen LogP contribution in [0.1, 0.15) is 43.6 Å². The maximum atomic E-state index is 11.1. The lowest BCUT2D eigenvalue weighted by Gasteiger charge is -2.38. The number of hydrogen-bond donors (Lipinski definition) is 3. The highest BCUT2D eigenvalue weighted by Gasteiger charge is 2.34. The van der Waals surface area contributed by atoms with Gasteiger partial charge in [0.05, 0.1) is 5.60 Å². The number of carbonyl (C=O) groups excluding carboxylic acids is 1. The van der Waals surface area contributed by atoms with Crippen LogP contribution in [0.3, 0.4) is 0 Å². The molecule has 4 N–H and O–H groups in total. The average molecular weight is 250 g/mol. The van der Waals surface area contributed by atoms with Crippen molar-refractivity contribution < 1.29 is 9.90 Å².